The van der Waals surface area contributed by atoms with Gasteiger partial charge < -0.3 is 10.2 Å². The van der Waals surface area contributed by atoms with Gasteiger partial charge in [-0.3, -0.25) is 4.79 Å². The number of nitrogens with one attached hydrogen (secondary N) is 1. The summed E-state index contributed by atoms with van der Waals surface area (Å²) in [5.74, 6) is -3.18. The smallest absolute Gasteiger partial charge is 0.333 e. The predicted octanol–water partition coefficient (Wildman–Crippen LogP) is 5.08. The highest BCUT2D eigenvalue weighted by Crippen LogP contribution is 2.36. The van der Waals surface area contributed by atoms with Gasteiger partial charge in [-0.1, -0.05) is 6.07 Å². The Hall–Kier alpha value is -2.40. The first kappa shape index (κ1) is 25.9. The molecule has 1 amide bonds. The molecule has 0 radical (unpaired) electrons. The Labute approximate surface area is 183 Å². The average Bonchev–Trinajstić information content (AvgIpc) is 2.69. The molecule has 2 aromatic carbocycles. The fourth-order valence-corrected chi connectivity index (χ4v) is 3.39. The number of carbonyl (C=O) groups is 1. The molecular formula is C20H17ClF8N2O. The van der Waals surface area contributed by atoms with Crippen LogP contribution >= 0.6 is 12.4 Å². The summed E-state index contributed by atoms with van der Waals surface area (Å²) in [6.45, 7) is 0.464. The molecule has 3 rings (SSSR count). The molecule has 0 unspecified atom stereocenters. The second-order valence-corrected chi connectivity index (χ2v) is 7.10. The third kappa shape index (κ3) is 5.89. The van der Waals surface area contributed by atoms with Gasteiger partial charge in [0.15, 0.2) is 11.6 Å². The molecular weight excluding hydrogens is 472 g/mol. The van der Waals surface area contributed by atoms with Gasteiger partial charge in [0, 0.05) is 31.2 Å². The normalized spacial score (nSPS) is 17.1. The second-order valence-electron chi connectivity index (χ2n) is 7.10. The molecule has 1 N–H and O–H groups in total. The van der Waals surface area contributed by atoms with Crippen LogP contribution in [0.15, 0.2) is 36.4 Å². The van der Waals surface area contributed by atoms with Crippen molar-refractivity contribution in [3.05, 3.63) is 70.3 Å². The van der Waals surface area contributed by atoms with E-state index in [1.165, 1.54) is 6.07 Å². The van der Waals surface area contributed by atoms with Gasteiger partial charge in [-0.15, -0.1) is 12.4 Å². The third-order valence-electron chi connectivity index (χ3n) is 4.90. The van der Waals surface area contributed by atoms with Crippen LogP contribution in [0, 0.1) is 11.6 Å². The number of benzene rings is 2. The van der Waals surface area contributed by atoms with E-state index in [0.717, 1.165) is 17.0 Å². The van der Waals surface area contributed by atoms with Crippen molar-refractivity contribution >= 4 is 18.3 Å². The van der Waals surface area contributed by atoms with Crippen LogP contribution in [-0.2, 0) is 18.8 Å². The number of hydrogen-bond acceptors (Lipinski definition) is 2. The van der Waals surface area contributed by atoms with Gasteiger partial charge in [-0.2, -0.15) is 26.3 Å². The zero-order chi connectivity index (χ0) is 23.0. The van der Waals surface area contributed by atoms with Crippen molar-refractivity contribution in [2.24, 2.45) is 0 Å². The zero-order valence-electron chi connectivity index (χ0n) is 16.2. The van der Waals surface area contributed by atoms with E-state index in [0.29, 0.717) is 17.7 Å². The van der Waals surface area contributed by atoms with Gasteiger partial charge in [0.25, 0.3) is 5.91 Å². The van der Waals surface area contributed by atoms with Crippen LogP contribution in [0.1, 0.15) is 27.0 Å². The number of hydrogen-bond donors (Lipinski definition) is 1. The van der Waals surface area contributed by atoms with Crippen molar-refractivity contribution in [2.45, 2.75) is 24.8 Å². The maximum absolute atomic E-state index is 13.5. The topological polar surface area (TPSA) is 32.3 Å². The molecule has 0 bridgehead atoms. The minimum Gasteiger partial charge on any atom is -0.333 e. The Kier molecular flexibility index (Phi) is 7.77. The highest BCUT2D eigenvalue weighted by atomic mass is 35.5. The molecule has 1 aliphatic heterocycles. The monoisotopic (exact) mass is 488 g/mol. The molecule has 1 atom stereocenters. The summed E-state index contributed by atoms with van der Waals surface area (Å²) in [5.41, 5.74) is -3.60. The summed E-state index contributed by atoms with van der Waals surface area (Å²) in [6, 6.07) is 3.15. The van der Waals surface area contributed by atoms with Gasteiger partial charge in [-0.25, -0.2) is 8.78 Å². The Bertz CT molecular complexity index is 945. The van der Waals surface area contributed by atoms with E-state index in [2.05, 4.69) is 5.32 Å². The molecule has 1 saturated heterocycles. The molecule has 176 valence electrons. The fraction of sp³-hybridized carbons (Fsp3) is 0.350. The number of nitrogens with zero attached hydrogens (tertiary/aromatic N) is 1. The van der Waals surface area contributed by atoms with Crippen molar-refractivity contribution in [1.29, 1.82) is 0 Å². The fourth-order valence-electron chi connectivity index (χ4n) is 3.39. The number of piperazine rings is 1. The van der Waals surface area contributed by atoms with E-state index in [9.17, 15) is 39.9 Å². The van der Waals surface area contributed by atoms with Gasteiger partial charge in [-0.05, 0) is 42.3 Å². The maximum atomic E-state index is 13.5. The lowest BCUT2D eigenvalue weighted by atomic mass is 9.99. The van der Waals surface area contributed by atoms with Crippen LogP contribution < -0.4 is 5.32 Å². The minimum absolute atomic E-state index is 0. The maximum Gasteiger partial charge on any atom is 0.416 e. The Morgan fingerprint density at radius 1 is 0.938 bits per heavy atom. The van der Waals surface area contributed by atoms with Crippen LogP contribution in [0.2, 0.25) is 0 Å². The zero-order valence-corrected chi connectivity index (χ0v) is 17.0. The van der Waals surface area contributed by atoms with E-state index in [4.69, 9.17) is 0 Å². The molecule has 0 aromatic heterocycles. The summed E-state index contributed by atoms with van der Waals surface area (Å²) in [7, 11) is 0. The van der Waals surface area contributed by atoms with Crippen molar-refractivity contribution in [3.8, 4) is 0 Å². The summed E-state index contributed by atoms with van der Waals surface area (Å²) >= 11 is 0. The van der Waals surface area contributed by atoms with E-state index >= 15 is 0 Å². The van der Waals surface area contributed by atoms with Gasteiger partial charge in [0.05, 0.1) is 11.1 Å². The number of halogens is 9. The second kappa shape index (κ2) is 9.62. The SMILES string of the molecule is Cl.O=C(c1cc(C(F)(F)F)cc(C(F)(F)F)c1)N1CCNC[C@H]1Cc1ccc(F)c(F)c1. The Morgan fingerprint density at radius 3 is 2.06 bits per heavy atom. The Morgan fingerprint density at radius 2 is 1.53 bits per heavy atom. The third-order valence-corrected chi connectivity index (χ3v) is 4.90. The highest BCUT2D eigenvalue weighted by Gasteiger charge is 2.38. The molecule has 0 saturated carbocycles. The highest BCUT2D eigenvalue weighted by molar-refractivity contribution is 5.95. The van der Waals surface area contributed by atoms with Crippen LogP contribution in [0.25, 0.3) is 0 Å². The van der Waals surface area contributed by atoms with Crippen molar-refractivity contribution < 1.29 is 39.9 Å². The van der Waals surface area contributed by atoms with Crippen LogP contribution in [0.3, 0.4) is 0 Å². The minimum atomic E-state index is -5.08. The van der Waals surface area contributed by atoms with Crippen molar-refractivity contribution in [1.82, 2.24) is 10.2 Å². The largest absolute Gasteiger partial charge is 0.416 e. The van der Waals surface area contributed by atoms with Gasteiger partial charge >= 0.3 is 12.4 Å². The molecule has 1 aliphatic rings. The number of alkyl halides is 6. The molecule has 2 aromatic rings. The summed E-state index contributed by atoms with van der Waals surface area (Å²) in [4.78, 5) is 14.1. The number of carbonyl (C=O) groups excluding carboxylic acids is 1. The van der Waals surface area contributed by atoms with Gasteiger partial charge in [0.1, 0.15) is 0 Å². The molecule has 12 heteroatoms. The summed E-state index contributed by atoms with van der Waals surface area (Å²) < 4.78 is 105. The van der Waals surface area contributed by atoms with Crippen molar-refractivity contribution in [3.63, 3.8) is 0 Å². The summed E-state index contributed by atoms with van der Waals surface area (Å²) in [6.07, 6.45) is -10.1. The van der Waals surface area contributed by atoms with Crippen LogP contribution in [0.5, 0.6) is 0 Å². The first-order valence-electron chi connectivity index (χ1n) is 9.11. The molecule has 0 aliphatic carbocycles. The predicted molar refractivity (Wildman–Crippen MR) is 101 cm³/mol. The molecule has 1 heterocycles. The lowest BCUT2D eigenvalue weighted by Gasteiger charge is -2.36. The van der Waals surface area contributed by atoms with Crippen LogP contribution in [0.4, 0.5) is 35.1 Å². The molecule has 3 nitrogen and oxygen atoms in total. The van der Waals surface area contributed by atoms with E-state index in [1.54, 1.807) is 0 Å². The quantitative estimate of drug-likeness (QED) is 0.611. The lowest BCUT2D eigenvalue weighted by Crippen LogP contribution is -2.54. The number of rotatable bonds is 3. The molecule has 1 fully saturated rings. The van der Waals surface area contributed by atoms with E-state index in [-0.39, 0.29) is 44.5 Å². The van der Waals surface area contributed by atoms with Crippen LogP contribution in [-0.4, -0.2) is 36.5 Å². The lowest BCUT2D eigenvalue weighted by molar-refractivity contribution is -0.143. The van der Waals surface area contributed by atoms with Gasteiger partial charge in [0.2, 0.25) is 0 Å². The van der Waals surface area contributed by atoms with E-state index in [1.807, 2.05) is 0 Å². The first-order valence-corrected chi connectivity index (χ1v) is 9.11. The number of amides is 1. The van der Waals surface area contributed by atoms with E-state index < -0.39 is 52.6 Å². The molecule has 0 spiro atoms. The summed E-state index contributed by atoms with van der Waals surface area (Å²) in [5, 5.41) is 2.97. The average molecular weight is 489 g/mol. The molecule has 32 heavy (non-hydrogen) atoms. The van der Waals surface area contributed by atoms with Crippen molar-refractivity contribution in [2.75, 3.05) is 19.6 Å². The standard InChI is InChI=1S/C20H16F8N2O.ClH/c21-16-2-1-11(6-17(16)22)5-15-10-29-3-4-30(15)18(31)12-7-13(19(23,24)25)9-14(8-12)20(26,27)28;/h1-2,6-9,15,29H,3-5,10H2;1H/t15-;/m1./s1. The first-order chi connectivity index (χ1) is 14.4. The Balaban J connectivity index is 0.00000363.